The number of nitrogens with zero attached hydrogens (tertiary/aromatic N) is 1. The Hall–Kier alpha value is -5.23. The van der Waals surface area contributed by atoms with Crippen LogP contribution < -0.4 is 16.4 Å². The molecule has 338 valence electrons. The number of carboxylic acid groups (broad SMARTS) is 3. The minimum Gasteiger partial charge on any atom is -0.475 e. The molecule has 1 aliphatic rings. The Bertz CT molecular complexity index is 1420. The van der Waals surface area contributed by atoms with E-state index < -0.39 is 73.1 Å². The molecule has 1 aromatic carbocycles. The highest BCUT2D eigenvalue weighted by atomic mass is 19.4. The number of amides is 3. The largest absolute Gasteiger partial charge is 0.490 e. The quantitative estimate of drug-likeness (QED) is 0.0827. The highest BCUT2D eigenvalue weighted by Gasteiger charge is 2.39. The number of rotatable bonds is 15. The fourth-order valence-corrected chi connectivity index (χ4v) is 4.61. The van der Waals surface area contributed by atoms with E-state index in [4.69, 9.17) is 40.2 Å². The summed E-state index contributed by atoms with van der Waals surface area (Å²) in [6.45, 7) is 2.29. The standard InChI is InChI=1S/C28H43FN4O5.3C2HF3O2/c1-3-4-12-24(27(36)33-17-14-21(15-18-33)28(37)38-2)32-26(35)23(13-8-9-16-29)31-25(34)22(30)19-20-10-6-5-7-11-20;3*3-2(4,5)1(6)7/h5-7,10-11,21-24H,3-4,8-9,12-19,30H2,1-2H3,(H,31,34)(H,32,35);3*(H,6,7)/t22-,23-,24?;;;/m1.../s1. The monoisotopic (exact) mass is 876 g/mol. The van der Waals surface area contributed by atoms with E-state index in [-0.39, 0.29) is 30.6 Å². The third-order valence-corrected chi connectivity index (χ3v) is 7.67. The molecule has 1 heterocycles. The van der Waals surface area contributed by atoms with Gasteiger partial charge in [0.1, 0.15) is 12.1 Å². The second-order valence-corrected chi connectivity index (χ2v) is 12.3. The summed E-state index contributed by atoms with van der Waals surface area (Å²) in [5.41, 5.74) is 7.01. The minimum absolute atomic E-state index is 0.204. The Morgan fingerprint density at radius 1 is 0.746 bits per heavy atom. The molecule has 0 radical (unpaired) electrons. The van der Waals surface area contributed by atoms with Crippen molar-refractivity contribution in [3.8, 4) is 0 Å². The van der Waals surface area contributed by atoms with Crippen molar-refractivity contribution >= 4 is 41.6 Å². The van der Waals surface area contributed by atoms with Crippen LogP contribution in [0.3, 0.4) is 0 Å². The summed E-state index contributed by atoms with van der Waals surface area (Å²) in [5.74, 6) is -9.94. The van der Waals surface area contributed by atoms with Gasteiger partial charge in [-0.15, -0.1) is 0 Å². The van der Waals surface area contributed by atoms with Crippen LogP contribution >= 0.6 is 0 Å². The van der Waals surface area contributed by atoms with Crippen molar-refractivity contribution in [3.05, 3.63) is 35.9 Å². The number of ether oxygens (including phenoxy) is 1. The van der Waals surface area contributed by atoms with E-state index in [2.05, 4.69) is 10.6 Å². The van der Waals surface area contributed by atoms with Crippen molar-refractivity contribution in [2.45, 2.75) is 101 Å². The summed E-state index contributed by atoms with van der Waals surface area (Å²) >= 11 is 0. The molecule has 1 saturated heterocycles. The Morgan fingerprint density at radius 2 is 1.17 bits per heavy atom. The van der Waals surface area contributed by atoms with Gasteiger partial charge in [-0.05, 0) is 50.5 Å². The van der Waals surface area contributed by atoms with Gasteiger partial charge in [0.15, 0.2) is 0 Å². The van der Waals surface area contributed by atoms with Gasteiger partial charge in [-0.2, -0.15) is 39.5 Å². The number of hydrogen-bond acceptors (Lipinski definition) is 9. The number of likely N-dealkylation sites (tertiary alicyclic amines) is 1. The Kier molecular flexibility index (Phi) is 26.0. The minimum atomic E-state index is -5.08. The first kappa shape index (κ1) is 55.9. The highest BCUT2D eigenvalue weighted by Crippen LogP contribution is 2.20. The maximum Gasteiger partial charge on any atom is 0.490 e. The lowest BCUT2D eigenvalue weighted by atomic mass is 9.96. The van der Waals surface area contributed by atoms with Crippen LogP contribution in [0.2, 0.25) is 0 Å². The normalized spacial score (nSPS) is 14.5. The number of unbranched alkanes of at least 4 members (excludes halogenated alkanes) is 2. The smallest absolute Gasteiger partial charge is 0.475 e. The number of carboxylic acids is 3. The number of alkyl halides is 10. The molecule has 59 heavy (non-hydrogen) atoms. The van der Waals surface area contributed by atoms with Crippen LogP contribution in [0.5, 0.6) is 0 Å². The summed E-state index contributed by atoms with van der Waals surface area (Å²) in [7, 11) is 1.35. The zero-order chi connectivity index (χ0) is 46.1. The lowest BCUT2D eigenvalue weighted by molar-refractivity contribution is -0.193. The number of carbonyl (C=O) groups is 7. The molecule has 1 unspecified atom stereocenters. The van der Waals surface area contributed by atoms with Gasteiger partial charge in [0.25, 0.3) is 0 Å². The predicted octanol–water partition coefficient (Wildman–Crippen LogP) is 4.17. The van der Waals surface area contributed by atoms with E-state index in [1.54, 1.807) is 4.90 Å². The fourth-order valence-electron chi connectivity index (χ4n) is 4.61. The molecule has 3 amide bonds. The molecule has 0 bridgehead atoms. The first-order valence-corrected chi connectivity index (χ1v) is 17.4. The number of piperidine rings is 1. The van der Waals surface area contributed by atoms with E-state index in [1.807, 2.05) is 37.3 Å². The summed E-state index contributed by atoms with van der Waals surface area (Å²) in [5, 5.41) is 26.9. The van der Waals surface area contributed by atoms with Gasteiger partial charge in [0.05, 0.1) is 25.7 Å². The average molecular weight is 877 g/mol. The Labute approximate surface area is 330 Å². The third kappa shape index (κ3) is 25.0. The molecule has 0 saturated carbocycles. The first-order chi connectivity index (χ1) is 27.1. The molecule has 2 rings (SSSR count). The van der Waals surface area contributed by atoms with Gasteiger partial charge >= 0.3 is 42.4 Å². The van der Waals surface area contributed by atoms with E-state index in [0.717, 1.165) is 18.4 Å². The van der Waals surface area contributed by atoms with Crippen LogP contribution in [-0.4, -0.2) is 125 Å². The molecule has 1 fully saturated rings. The topological polar surface area (TPSA) is 243 Å². The zero-order valence-electron chi connectivity index (χ0n) is 31.6. The van der Waals surface area contributed by atoms with Crippen LogP contribution in [0.15, 0.2) is 30.3 Å². The lowest BCUT2D eigenvalue weighted by Gasteiger charge is -2.34. The molecule has 0 spiro atoms. The Morgan fingerprint density at radius 3 is 1.56 bits per heavy atom. The molecule has 3 atom stereocenters. The van der Waals surface area contributed by atoms with E-state index in [1.165, 1.54) is 7.11 Å². The Balaban J connectivity index is 0. The van der Waals surface area contributed by atoms with Crippen molar-refractivity contribution in [1.82, 2.24) is 15.5 Å². The van der Waals surface area contributed by atoms with Gasteiger partial charge in [-0.3, -0.25) is 23.6 Å². The number of carbonyl (C=O) groups excluding carboxylic acids is 4. The molecule has 15 nitrogen and oxygen atoms in total. The van der Waals surface area contributed by atoms with Crippen LogP contribution in [0, 0.1) is 5.92 Å². The summed E-state index contributed by atoms with van der Waals surface area (Å²) in [4.78, 5) is 79.7. The molecular weight excluding hydrogens is 830 g/mol. The van der Waals surface area contributed by atoms with Crippen LogP contribution in [0.25, 0.3) is 0 Å². The van der Waals surface area contributed by atoms with E-state index >= 15 is 0 Å². The number of benzene rings is 1. The zero-order valence-corrected chi connectivity index (χ0v) is 31.6. The van der Waals surface area contributed by atoms with Crippen molar-refractivity contribution in [3.63, 3.8) is 0 Å². The van der Waals surface area contributed by atoms with E-state index in [9.17, 15) is 63.1 Å². The summed E-state index contributed by atoms with van der Waals surface area (Å²) < 4.78 is 113. The predicted molar refractivity (Wildman–Crippen MR) is 184 cm³/mol. The summed E-state index contributed by atoms with van der Waals surface area (Å²) in [6, 6.07) is 6.79. The van der Waals surface area contributed by atoms with Gasteiger partial charge < -0.3 is 41.3 Å². The van der Waals surface area contributed by atoms with Gasteiger partial charge in [-0.1, -0.05) is 50.1 Å². The number of hydrogen-bond donors (Lipinski definition) is 6. The van der Waals surface area contributed by atoms with Crippen LogP contribution in [-0.2, 0) is 44.7 Å². The lowest BCUT2D eigenvalue weighted by Crippen LogP contribution is -2.57. The molecule has 1 aliphatic heterocycles. The molecule has 7 N–H and O–H groups in total. The van der Waals surface area contributed by atoms with Crippen LogP contribution in [0.4, 0.5) is 43.9 Å². The molecule has 25 heteroatoms. The summed E-state index contributed by atoms with van der Waals surface area (Å²) in [6.07, 6.45) is -11.0. The third-order valence-electron chi connectivity index (χ3n) is 7.67. The maximum absolute atomic E-state index is 13.3. The number of nitrogens with two attached hydrogens (primary N) is 1. The van der Waals surface area contributed by atoms with Crippen molar-refractivity contribution in [2.75, 3.05) is 26.9 Å². The maximum atomic E-state index is 13.3. The van der Waals surface area contributed by atoms with Crippen molar-refractivity contribution in [1.29, 1.82) is 0 Å². The molecule has 0 aliphatic carbocycles. The number of esters is 1. The van der Waals surface area contributed by atoms with Crippen molar-refractivity contribution < 1.29 is 97.5 Å². The highest BCUT2D eigenvalue weighted by molar-refractivity contribution is 5.93. The number of methoxy groups -OCH3 is 1. The van der Waals surface area contributed by atoms with Gasteiger partial charge in [-0.25, -0.2) is 14.4 Å². The van der Waals surface area contributed by atoms with Crippen LogP contribution in [0.1, 0.15) is 63.9 Å². The van der Waals surface area contributed by atoms with Crippen molar-refractivity contribution in [2.24, 2.45) is 11.7 Å². The first-order valence-electron chi connectivity index (χ1n) is 17.4. The second kappa shape index (κ2) is 27.5. The molecular formula is C34H46F10N4O11. The SMILES string of the molecule is CCCCC(NC(=O)[C@@H](CCCCF)NC(=O)[C@H](N)Cc1ccccc1)C(=O)N1CCC(C(=O)OC)CC1.O=C(O)C(F)(F)F.O=C(O)C(F)(F)F.O=C(O)C(F)(F)F. The van der Waals surface area contributed by atoms with E-state index in [0.29, 0.717) is 45.2 Å². The number of nitrogens with one attached hydrogen (secondary N) is 2. The number of aliphatic carboxylic acids is 3. The average Bonchev–Trinajstić information content (AvgIpc) is 3.15. The molecule has 1 aromatic rings. The number of halogens is 10. The molecule has 0 aromatic heterocycles. The van der Waals surface area contributed by atoms with Gasteiger partial charge in [0.2, 0.25) is 17.7 Å². The fraction of sp³-hybridized carbons (Fsp3) is 0.618. The second-order valence-electron chi connectivity index (χ2n) is 12.3. The van der Waals surface area contributed by atoms with Gasteiger partial charge in [0, 0.05) is 13.1 Å².